The summed E-state index contributed by atoms with van der Waals surface area (Å²) in [5, 5.41) is 1.62. The SMILES string of the molecule is [2H]C([2H])([2H])c1ccc2c3ccc(Oc4cccc([N+]5=C=[N+](c6c(-c7ccccc7)cccc6-c6cc(C(C)(C)C)cc(C(C)(C)C)c6)c6ccccc65)c4)cc3n(-c3cc(C([2H])([2H])[2H])c(-c4ccc5c(c4)C(C)(C)CCC5(C)C)cn3)c2c1. The van der Waals surface area contributed by atoms with Crippen LogP contribution in [0.25, 0.3) is 61.0 Å². The number of hydrogen-bond acceptors (Lipinski definition) is 2. The van der Waals surface area contributed by atoms with Gasteiger partial charge in [-0.15, -0.1) is 0 Å². The number of aryl methyl sites for hydroxylation is 2. The summed E-state index contributed by atoms with van der Waals surface area (Å²) >= 11 is 0. The lowest BCUT2D eigenvalue weighted by Gasteiger charge is -2.42. The van der Waals surface area contributed by atoms with E-state index in [-0.39, 0.29) is 32.8 Å². The van der Waals surface area contributed by atoms with Crippen molar-refractivity contribution in [2.24, 2.45) is 0 Å². The normalized spacial score (nSPS) is 16.3. The second kappa shape index (κ2) is 18.3. The highest BCUT2D eigenvalue weighted by molar-refractivity contribution is 6.09. The molecule has 0 fully saturated rings. The zero-order chi connectivity index (χ0) is 58.8. The summed E-state index contributed by atoms with van der Waals surface area (Å²) in [6, 6.07) is 63.3. The van der Waals surface area contributed by atoms with Crippen molar-refractivity contribution in [3.8, 4) is 50.7 Å². The lowest BCUT2D eigenvalue weighted by atomic mass is 9.63. The minimum Gasteiger partial charge on any atom is -0.457 e. The molecule has 382 valence electrons. The van der Waals surface area contributed by atoms with E-state index >= 15 is 0 Å². The van der Waals surface area contributed by atoms with E-state index in [0.717, 1.165) is 74.2 Å². The van der Waals surface area contributed by atoms with E-state index in [1.165, 1.54) is 22.3 Å². The van der Waals surface area contributed by atoms with E-state index in [2.05, 4.69) is 194 Å². The summed E-state index contributed by atoms with van der Waals surface area (Å²) in [6.45, 7) is 17.8. The third-order valence-corrected chi connectivity index (χ3v) is 16.2. The maximum Gasteiger partial charge on any atom is 0.503 e. The molecule has 5 heteroatoms. The Labute approximate surface area is 464 Å². The Kier molecular flexibility index (Phi) is 10.2. The summed E-state index contributed by atoms with van der Waals surface area (Å²) in [5.74, 6) is 1.44. The van der Waals surface area contributed by atoms with Crippen LogP contribution in [0.15, 0.2) is 182 Å². The quantitative estimate of drug-likeness (QED) is 0.142. The Balaban J connectivity index is 0.989. The first-order valence-corrected chi connectivity index (χ1v) is 27.0. The monoisotopic (exact) mass is 1010 g/mol. The van der Waals surface area contributed by atoms with Crippen LogP contribution >= 0.6 is 0 Å². The molecule has 8 aromatic carbocycles. The molecular weight excluding hydrogens is 937 g/mol. The van der Waals surface area contributed by atoms with Crippen molar-refractivity contribution in [2.45, 2.75) is 117 Å². The Morgan fingerprint density at radius 1 is 0.532 bits per heavy atom. The molecule has 10 aromatic rings. The first-order valence-electron chi connectivity index (χ1n) is 30.0. The molecule has 77 heavy (non-hydrogen) atoms. The summed E-state index contributed by atoms with van der Waals surface area (Å²) < 4.78 is 64.9. The van der Waals surface area contributed by atoms with Crippen LogP contribution in [0.2, 0.25) is 0 Å². The van der Waals surface area contributed by atoms with E-state index < -0.39 is 13.7 Å². The van der Waals surface area contributed by atoms with Gasteiger partial charge in [0.05, 0.1) is 28.2 Å². The molecular formula is C72H70N4O+2. The van der Waals surface area contributed by atoms with Crippen molar-refractivity contribution in [2.75, 3.05) is 0 Å². The van der Waals surface area contributed by atoms with E-state index in [1.807, 2.05) is 53.1 Å². The third kappa shape index (κ3) is 8.91. The molecule has 3 heterocycles. The number of fused-ring (bicyclic) bond motifs is 5. The molecule has 0 unspecified atom stereocenters. The van der Waals surface area contributed by atoms with Crippen molar-refractivity contribution in [1.82, 2.24) is 18.7 Å². The van der Waals surface area contributed by atoms with Crippen molar-refractivity contribution in [3.05, 3.63) is 216 Å². The van der Waals surface area contributed by atoms with Gasteiger partial charge in [-0.2, -0.15) is 0 Å². The number of nitrogens with zero attached hydrogens (tertiary/aromatic N) is 4. The molecule has 0 radical (unpaired) electrons. The molecule has 5 nitrogen and oxygen atoms in total. The van der Waals surface area contributed by atoms with Crippen LogP contribution in [-0.2, 0) is 21.7 Å². The fourth-order valence-corrected chi connectivity index (χ4v) is 11.6. The molecule has 2 aliphatic rings. The number of rotatable bonds is 8. The van der Waals surface area contributed by atoms with Gasteiger partial charge in [0.1, 0.15) is 17.3 Å². The topological polar surface area (TPSA) is 33.1 Å². The van der Waals surface area contributed by atoms with Gasteiger partial charge in [0.2, 0.25) is 11.4 Å². The molecule has 0 bridgehead atoms. The molecule has 12 rings (SSSR count). The third-order valence-electron chi connectivity index (χ3n) is 16.2. The van der Waals surface area contributed by atoms with Gasteiger partial charge in [-0.3, -0.25) is 4.57 Å². The van der Waals surface area contributed by atoms with Gasteiger partial charge in [0.25, 0.3) is 11.4 Å². The zero-order valence-electron chi connectivity index (χ0n) is 51.9. The van der Waals surface area contributed by atoms with Crippen LogP contribution < -0.4 is 13.9 Å². The number of hydrogen-bond donors (Lipinski definition) is 0. The van der Waals surface area contributed by atoms with Gasteiger partial charge >= 0.3 is 6.01 Å². The number of benzene rings is 8. The molecule has 1 aliphatic heterocycles. The van der Waals surface area contributed by atoms with E-state index in [1.54, 1.807) is 24.4 Å². The van der Waals surface area contributed by atoms with Gasteiger partial charge in [-0.1, -0.05) is 172 Å². The highest BCUT2D eigenvalue weighted by Crippen LogP contribution is 2.49. The van der Waals surface area contributed by atoms with Crippen LogP contribution in [0.4, 0.5) is 22.7 Å². The van der Waals surface area contributed by atoms with Gasteiger partial charge < -0.3 is 4.74 Å². The molecule has 0 N–H and O–H groups in total. The number of ether oxygens (including phenoxy) is 1. The summed E-state index contributed by atoms with van der Waals surface area (Å²) in [5.41, 5.74) is 15.9. The van der Waals surface area contributed by atoms with Crippen molar-refractivity contribution >= 4 is 50.6 Å². The zero-order valence-corrected chi connectivity index (χ0v) is 45.9. The van der Waals surface area contributed by atoms with Gasteiger partial charge in [0, 0.05) is 55.0 Å². The Morgan fingerprint density at radius 3 is 1.87 bits per heavy atom. The van der Waals surface area contributed by atoms with Gasteiger partial charge in [-0.05, 0) is 150 Å². The molecule has 2 aromatic heterocycles. The van der Waals surface area contributed by atoms with E-state index in [4.69, 9.17) is 17.9 Å². The Bertz CT molecular complexity index is 4300. The molecule has 1 aliphatic carbocycles. The van der Waals surface area contributed by atoms with Crippen LogP contribution in [0, 0.1) is 13.7 Å². The predicted molar refractivity (Wildman–Crippen MR) is 324 cm³/mol. The lowest BCUT2D eigenvalue weighted by molar-refractivity contribution is 0.332. The average molecular weight is 1010 g/mol. The smallest absolute Gasteiger partial charge is 0.457 e. The highest BCUT2D eigenvalue weighted by Gasteiger charge is 2.40. The van der Waals surface area contributed by atoms with Crippen molar-refractivity contribution < 1.29 is 13.0 Å². The molecule has 0 atom stereocenters. The van der Waals surface area contributed by atoms with Crippen molar-refractivity contribution in [3.63, 3.8) is 0 Å². The summed E-state index contributed by atoms with van der Waals surface area (Å²) in [6.07, 6.45) is 3.75. The fraction of sp³-hybridized carbons (Fsp3) is 0.250. The van der Waals surface area contributed by atoms with E-state index in [9.17, 15) is 0 Å². The summed E-state index contributed by atoms with van der Waals surface area (Å²) in [7, 11) is 0. The number of pyridine rings is 1. The predicted octanol–water partition coefficient (Wildman–Crippen LogP) is 19.4. The van der Waals surface area contributed by atoms with Crippen LogP contribution in [0.3, 0.4) is 0 Å². The minimum atomic E-state index is -2.51. The van der Waals surface area contributed by atoms with E-state index in [0.29, 0.717) is 33.9 Å². The second-order valence-electron chi connectivity index (χ2n) is 24.6. The summed E-state index contributed by atoms with van der Waals surface area (Å²) in [4.78, 5) is 5.04. The molecule has 0 spiro atoms. The fourth-order valence-electron chi connectivity index (χ4n) is 11.6. The lowest BCUT2D eigenvalue weighted by Crippen LogP contribution is -2.33. The molecule has 0 saturated heterocycles. The van der Waals surface area contributed by atoms with Crippen LogP contribution in [-0.4, -0.2) is 15.6 Å². The van der Waals surface area contributed by atoms with Gasteiger partial charge in [0.15, 0.2) is 0 Å². The number of para-hydroxylation sites is 3. The maximum absolute atomic E-state index is 8.92. The number of aromatic nitrogens is 2. The highest BCUT2D eigenvalue weighted by atomic mass is 16.5. The Hall–Kier alpha value is -8.11. The first-order chi connectivity index (χ1) is 39.1. The average Bonchev–Trinajstić information content (AvgIpc) is 2.22. The van der Waals surface area contributed by atoms with Crippen LogP contribution in [0.1, 0.15) is 124 Å². The Morgan fingerprint density at radius 2 is 1.17 bits per heavy atom. The second-order valence-corrected chi connectivity index (χ2v) is 24.6. The largest absolute Gasteiger partial charge is 0.503 e. The molecule has 0 saturated carbocycles. The molecule has 0 amide bonds. The minimum absolute atomic E-state index is 0.00795. The maximum atomic E-state index is 8.92. The van der Waals surface area contributed by atoms with Crippen LogP contribution in [0.5, 0.6) is 11.5 Å². The van der Waals surface area contributed by atoms with Gasteiger partial charge in [-0.25, -0.2) is 4.98 Å². The first kappa shape index (κ1) is 43.0. The standard InChI is InChI=1S/C72H70N4O/c1-46-28-31-58-59-32-30-55(43-66(59)76(65(58)36-46)67-37-47(2)60(44-73-67)49-29-33-61-62(40-49)72(11,12)35-34-71(61,9)10)77-54-23-18-22-53(42-54)74-45-75(64-27-17-16-26-63(64)74)68-56(48-20-14-13-15-21-48)24-19-25-57(68)50-38-51(69(3,4)5)41-52(39-50)70(6,7)8/h13-33,36-44H,34-35H2,1-12H3/q+2/i1D3,2D3. The van der Waals surface area contributed by atoms with Crippen molar-refractivity contribution in [1.29, 1.82) is 0 Å².